The van der Waals surface area contributed by atoms with Gasteiger partial charge in [0.1, 0.15) is 11.5 Å². The molecule has 1 amide bonds. The maximum absolute atomic E-state index is 10.6. The number of primary amides is 1. The molecule has 0 aliphatic rings. The van der Waals surface area contributed by atoms with Crippen LogP contribution < -0.4 is 15.8 Å². The highest BCUT2D eigenvalue weighted by atomic mass is 16.5. The molecule has 0 spiro atoms. The van der Waals surface area contributed by atoms with E-state index in [1.54, 1.807) is 0 Å². The van der Waals surface area contributed by atoms with Crippen LogP contribution in [-0.2, 0) is 11.2 Å². The fraction of sp³-hybridized carbons (Fsp3) is 0.235. The second-order valence-electron chi connectivity index (χ2n) is 4.77. The molecule has 4 heteroatoms. The topological polar surface area (TPSA) is 64.4 Å². The Morgan fingerprint density at radius 3 is 2.52 bits per heavy atom. The third-order valence-corrected chi connectivity index (χ3v) is 3.04. The van der Waals surface area contributed by atoms with Crippen molar-refractivity contribution in [2.75, 3.05) is 13.1 Å². The Labute approximate surface area is 124 Å². The molecule has 0 fully saturated rings. The SMILES string of the molecule is NC(=O)CNCCCc1ccccc1Oc1ccccc1. The van der Waals surface area contributed by atoms with Crippen LogP contribution in [0, 0.1) is 0 Å². The van der Waals surface area contributed by atoms with E-state index in [0.29, 0.717) is 0 Å². The minimum Gasteiger partial charge on any atom is -0.457 e. The van der Waals surface area contributed by atoms with E-state index in [0.717, 1.165) is 36.4 Å². The average molecular weight is 284 g/mol. The Morgan fingerprint density at radius 2 is 1.76 bits per heavy atom. The summed E-state index contributed by atoms with van der Waals surface area (Å²) in [6.07, 6.45) is 1.80. The van der Waals surface area contributed by atoms with E-state index in [-0.39, 0.29) is 12.5 Å². The van der Waals surface area contributed by atoms with Crippen molar-refractivity contribution >= 4 is 5.91 Å². The van der Waals surface area contributed by atoms with Crippen LogP contribution in [0.15, 0.2) is 54.6 Å². The molecule has 21 heavy (non-hydrogen) atoms. The van der Waals surface area contributed by atoms with Gasteiger partial charge >= 0.3 is 0 Å². The van der Waals surface area contributed by atoms with Crippen LogP contribution in [0.4, 0.5) is 0 Å². The molecule has 3 N–H and O–H groups in total. The van der Waals surface area contributed by atoms with Crippen LogP contribution in [-0.4, -0.2) is 19.0 Å². The number of hydrogen-bond acceptors (Lipinski definition) is 3. The zero-order valence-electron chi connectivity index (χ0n) is 11.9. The van der Waals surface area contributed by atoms with Gasteiger partial charge in [0.25, 0.3) is 0 Å². The summed E-state index contributed by atoms with van der Waals surface area (Å²) in [4.78, 5) is 10.6. The van der Waals surface area contributed by atoms with Crippen LogP contribution in [0.25, 0.3) is 0 Å². The fourth-order valence-corrected chi connectivity index (χ4v) is 2.04. The Hall–Kier alpha value is -2.33. The van der Waals surface area contributed by atoms with E-state index in [2.05, 4.69) is 11.4 Å². The van der Waals surface area contributed by atoms with Gasteiger partial charge in [-0.25, -0.2) is 0 Å². The van der Waals surface area contributed by atoms with Gasteiger partial charge in [0.05, 0.1) is 6.54 Å². The Bertz CT molecular complexity index is 570. The van der Waals surface area contributed by atoms with Gasteiger partial charge in [-0.05, 0) is 43.1 Å². The van der Waals surface area contributed by atoms with Gasteiger partial charge < -0.3 is 15.8 Å². The largest absolute Gasteiger partial charge is 0.457 e. The van der Waals surface area contributed by atoms with Crippen LogP contribution in [0.3, 0.4) is 0 Å². The van der Waals surface area contributed by atoms with Gasteiger partial charge in [-0.1, -0.05) is 36.4 Å². The first-order chi connectivity index (χ1) is 10.3. The molecular weight excluding hydrogens is 264 g/mol. The number of hydrogen-bond donors (Lipinski definition) is 2. The van der Waals surface area contributed by atoms with Gasteiger partial charge in [-0.15, -0.1) is 0 Å². The predicted octanol–water partition coefficient (Wildman–Crippen LogP) is 2.49. The van der Waals surface area contributed by atoms with E-state index >= 15 is 0 Å². The van der Waals surface area contributed by atoms with Crippen molar-refractivity contribution in [1.29, 1.82) is 0 Å². The second-order valence-corrected chi connectivity index (χ2v) is 4.77. The molecule has 4 nitrogen and oxygen atoms in total. The van der Waals surface area contributed by atoms with E-state index in [4.69, 9.17) is 10.5 Å². The van der Waals surface area contributed by atoms with Crippen LogP contribution >= 0.6 is 0 Å². The Balaban J connectivity index is 1.89. The van der Waals surface area contributed by atoms with Crippen LogP contribution in [0.2, 0.25) is 0 Å². The highest BCUT2D eigenvalue weighted by molar-refractivity contribution is 5.75. The van der Waals surface area contributed by atoms with Crippen LogP contribution in [0.1, 0.15) is 12.0 Å². The Kier molecular flexibility index (Phi) is 5.79. The summed E-state index contributed by atoms with van der Waals surface area (Å²) in [7, 11) is 0. The minimum absolute atomic E-state index is 0.224. The molecule has 0 bridgehead atoms. The quantitative estimate of drug-likeness (QED) is 0.732. The summed E-state index contributed by atoms with van der Waals surface area (Å²) >= 11 is 0. The summed E-state index contributed by atoms with van der Waals surface area (Å²) in [5.41, 5.74) is 6.23. The molecule has 0 aromatic heterocycles. The van der Waals surface area contributed by atoms with Gasteiger partial charge in [0.15, 0.2) is 0 Å². The predicted molar refractivity (Wildman–Crippen MR) is 83.3 cm³/mol. The van der Waals surface area contributed by atoms with Crippen molar-refractivity contribution in [1.82, 2.24) is 5.32 Å². The van der Waals surface area contributed by atoms with Crippen molar-refractivity contribution in [2.45, 2.75) is 12.8 Å². The molecule has 0 unspecified atom stereocenters. The number of rotatable bonds is 8. The van der Waals surface area contributed by atoms with Gasteiger partial charge in [0, 0.05) is 0 Å². The average Bonchev–Trinajstić information content (AvgIpc) is 2.49. The summed E-state index contributed by atoms with van der Waals surface area (Å²) < 4.78 is 5.91. The van der Waals surface area contributed by atoms with Crippen molar-refractivity contribution in [3.05, 3.63) is 60.2 Å². The standard InChI is InChI=1S/C17H20N2O2/c18-17(20)13-19-12-6-8-14-7-4-5-11-16(14)21-15-9-2-1-3-10-15/h1-5,7,9-11,19H,6,8,12-13H2,(H2,18,20). The molecule has 0 atom stereocenters. The van der Waals surface area contributed by atoms with Gasteiger partial charge in [0.2, 0.25) is 5.91 Å². The molecular formula is C17H20N2O2. The zero-order valence-corrected chi connectivity index (χ0v) is 11.9. The number of benzene rings is 2. The number of aryl methyl sites for hydroxylation is 1. The smallest absolute Gasteiger partial charge is 0.231 e. The molecule has 0 heterocycles. The molecule has 2 rings (SSSR count). The number of para-hydroxylation sites is 2. The van der Waals surface area contributed by atoms with E-state index in [9.17, 15) is 4.79 Å². The maximum atomic E-state index is 10.6. The highest BCUT2D eigenvalue weighted by Crippen LogP contribution is 2.25. The maximum Gasteiger partial charge on any atom is 0.231 e. The second kappa shape index (κ2) is 8.07. The minimum atomic E-state index is -0.331. The first kappa shape index (κ1) is 15.1. The lowest BCUT2D eigenvalue weighted by atomic mass is 10.1. The van der Waals surface area contributed by atoms with Crippen molar-refractivity contribution in [3.63, 3.8) is 0 Å². The number of carbonyl (C=O) groups is 1. The molecule has 2 aromatic rings. The van der Waals surface area contributed by atoms with Crippen molar-refractivity contribution < 1.29 is 9.53 Å². The summed E-state index contributed by atoms with van der Waals surface area (Å²) in [5.74, 6) is 1.37. The molecule has 0 aliphatic heterocycles. The third kappa shape index (κ3) is 5.28. The molecule has 2 aromatic carbocycles. The first-order valence-corrected chi connectivity index (χ1v) is 7.05. The number of ether oxygens (including phenoxy) is 1. The Morgan fingerprint density at radius 1 is 1.05 bits per heavy atom. The normalized spacial score (nSPS) is 10.3. The number of nitrogens with one attached hydrogen (secondary N) is 1. The summed E-state index contributed by atoms with van der Waals surface area (Å²) in [6.45, 7) is 0.977. The molecule has 0 saturated heterocycles. The van der Waals surface area contributed by atoms with Crippen LogP contribution in [0.5, 0.6) is 11.5 Å². The number of nitrogens with two attached hydrogens (primary N) is 1. The van der Waals surface area contributed by atoms with E-state index < -0.39 is 0 Å². The molecule has 110 valence electrons. The lowest BCUT2D eigenvalue weighted by molar-refractivity contribution is -0.117. The summed E-state index contributed by atoms with van der Waals surface area (Å²) in [6, 6.07) is 17.7. The third-order valence-electron chi connectivity index (χ3n) is 3.04. The van der Waals surface area contributed by atoms with Crippen molar-refractivity contribution in [2.24, 2.45) is 5.73 Å². The zero-order chi connectivity index (χ0) is 14.9. The molecule has 0 saturated carbocycles. The molecule has 0 radical (unpaired) electrons. The van der Waals surface area contributed by atoms with E-state index in [1.165, 1.54) is 0 Å². The van der Waals surface area contributed by atoms with Crippen molar-refractivity contribution in [3.8, 4) is 11.5 Å². The summed E-state index contributed by atoms with van der Waals surface area (Å²) in [5, 5.41) is 3.01. The fourth-order valence-electron chi connectivity index (χ4n) is 2.04. The number of amides is 1. The van der Waals surface area contributed by atoms with E-state index in [1.807, 2.05) is 48.5 Å². The molecule has 0 aliphatic carbocycles. The number of carbonyl (C=O) groups excluding carboxylic acids is 1. The van der Waals surface area contributed by atoms with Gasteiger partial charge in [-0.2, -0.15) is 0 Å². The lowest BCUT2D eigenvalue weighted by Gasteiger charge is -2.11. The van der Waals surface area contributed by atoms with Gasteiger partial charge in [-0.3, -0.25) is 4.79 Å². The lowest BCUT2D eigenvalue weighted by Crippen LogP contribution is -2.29. The monoisotopic (exact) mass is 284 g/mol. The highest BCUT2D eigenvalue weighted by Gasteiger charge is 2.04. The first-order valence-electron chi connectivity index (χ1n) is 7.05.